The van der Waals surface area contributed by atoms with Gasteiger partial charge in [0.25, 0.3) is 5.91 Å². The minimum Gasteiger partial charge on any atom is -0.493 e. The van der Waals surface area contributed by atoms with E-state index in [9.17, 15) is 13.6 Å². The molecule has 0 fully saturated rings. The Labute approximate surface area is 153 Å². The van der Waals surface area contributed by atoms with Crippen LogP contribution < -0.4 is 14.8 Å². The minimum absolute atomic E-state index is 0.149. The first-order valence-corrected chi connectivity index (χ1v) is 8.17. The second kappa shape index (κ2) is 7.91. The highest BCUT2D eigenvalue weighted by Gasteiger charge is 2.14. The highest BCUT2D eigenvalue weighted by atomic mass is 127. The molecule has 0 aliphatic carbocycles. The van der Waals surface area contributed by atoms with Gasteiger partial charge in [-0.05, 0) is 52.9 Å². The number of halogens is 4. The van der Waals surface area contributed by atoms with Gasteiger partial charge in [-0.3, -0.25) is 4.79 Å². The predicted octanol–water partition coefficient (Wildman–Crippen LogP) is 4.92. The number of carbonyl (C=O) groups is 1. The van der Waals surface area contributed by atoms with Crippen LogP contribution in [0.3, 0.4) is 0 Å². The Morgan fingerprint density at radius 1 is 1.22 bits per heavy atom. The van der Waals surface area contributed by atoms with Crippen molar-refractivity contribution < 1.29 is 23.0 Å². The van der Waals surface area contributed by atoms with Gasteiger partial charge in [0.05, 0.1) is 12.7 Å². The van der Waals surface area contributed by atoms with Crippen molar-refractivity contribution in [2.75, 3.05) is 12.4 Å². The molecular weight excluding hydrogens is 487 g/mol. The van der Waals surface area contributed by atoms with Crippen LogP contribution in [0.1, 0.15) is 10.4 Å². The van der Waals surface area contributed by atoms with E-state index in [1.807, 2.05) is 28.7 Å². The second-order valence-electron chi connectivity index (χ2n) is 4.32. The summed E-state index contributed by atoms with van der Waals surface area (Å²) in [4.78, 5) is 12.3. The number of alkyl halides is 2. The number of anilines is 1. The van der Waals surface area contributed by atoms with E-state index in [4.69, 9.17) is 4.74 Å². The fourth-order valence-corrected chi connectivity index (χ4v) is 2.75. The Hall–Kier alpha value is -1.42. The minimum atomic E-state index is -2.99. The summed E-state index contributed by atoms with van der Waals surface area (Å²) in [5, 5.41) is 2.65. The van der Waals surface area contributed by atoms with Gasteiger partial charge in [-0.15, -0.1) is 0 Å². The van der Waals surface area contributed by atoms with Gasteiger partial charge in [0.2, 0.25) is 0 Å². The zero-order valence-corrected chi connectivity index (χ0v) is 15.5. The van der Waals surface area contributed by atoms with E-state index in [0.717, 1.165) is 8.04 Å². The van der Waals surface area contributed by atoms with E-state index in [0.29, 0.717) is 11.3 Å². The summed E-state index contributed by atoms with van der Waals surface area (Å²) in [6, 6.07) is 9.56. The fourth-order valence-electron chi connectivity index (χ4n) is 1.81. The first kappa shape index (κ1) is 17.9. The molecule has 0 spiro atoms. The zero-order chi connectivity index (χ0) is 17.0. The molecule has 0 bridgehead atoms. The first-order chi connectivity index (χ1) is 10.9. The Bertz CT molecular complexity index is 728. The molecule has 2 rings (SSSR count). The molecule has 0 saturated carbocycles. The molecule has 2 aromatic carbocycles. The van der Waals surface area contributed by atoms with Crippen molar-refractivity contribution >= 4 is 50.1 Å². The lowest BCUT2D eigenvalue weighted by Crippen LogP contribution is -2.14. The van der Waals surface area contributed by atoms with Gasteiger partial charge in [0, 0.05) is 19.8 Å². The van der Waals surface area contributed by atoms with Crippen molar-refractivity contribution in [1.29, 1.82) is 0 Å². The Balaban J connectivity index is 2.25. The van der Waals surface area contributed by atoms with Crippen LogP contribution in [0, 0.1) is 3.57 Å². The number of ether oxygens (including phenoxy) is 2. The lowest BCUT2D eigenvalue weighted by atomic mass is 10.2. The maximum absolute atomic E-state index is 12.4. The summed E-state index contributed by atoms with van der Waals surface area (Å²) in [6.07, 6.45) is 0. The van der Waals surface area contributed by atoms with Crippen LogP contribution in [0.25, 0.3) is 0 Å². The Morgan fingerprint density at radius 2 is 1.96 bits per heavy atom. The largest absolute Gasteiger partial charge is 0.493 e. The predicted molar refractivity (Wildman–Crippen MR) is 94.4 cm³/mol. The summed E-state index contributed by atoms with van der Waals surface area (Å²) in [6.45, 7) is -2.99. The molecule has 1 N–H and O–H groups in total. The molecule has 122 valence electrons. The van der Waals surface area contributed by atoms with Gasteiger partial charge in [-0.2, -0.15) is 8.78 Å². The Morgan fingerprint density at radius 3 is 2.61 bits per heavy atom. The average molecular weight is 498 g/mol. The maximum atomic E-state index is 12.4. The maximum Gasteiger partial charge on any atom is 0.387 e. The number of carbonyl (C=O) groups excluding carboxylic acids is 1. The van der Waals surface area contributed by atoms with Crippen molar-refractivity contribution in [1.82, 2.24) is 0 Å². The molecular formula is C15H11BrF2INO3. The third-order valence-electron chi connectivity index (χ3n) is 2.81. The number of hydrogen-bond acceptors (Lipinski definition) is 3. The van der Waals surface area contributed by atoms with Gasteiger partial charge in [-0.25, -0.2) is 0 Å². The summed E-state index contributed by atoms with van der Waals surface area (Å²) in [7, 11) is 1.34. The first-order valence-electron chi connectivity index (χ1n) is 6.30. The third-order valence-corrected chi connectivity index (χ3v) is 4.24. The average Bonchev–Trinajstić information content (AvgIpc) is 2.49. The molecule has 0 saturated heterocycles. The molecule has 0 radical (unpaired) electrons. The lowest BCUT2D eigenvalue weighted by Gasteiger charge is -2.12. The molecule has 0 aliphatic heterocycles. The molecule has 0 aromatic heterocycles. The Kier molecular flexibility index (Phi) is 6.17. The van der Waals surface area contributed by atoms with Crippen molar-refractivity contribution in [2.45, 2.75) is 6.61 Å². The molecule has 23 heavy (non-hydrogen) atoms. The van der Waals surface area contributed by atoms with E-state index in [-0.39, 0.29) is 17.4 Å². The van der Waals surface area contributed by atoms with Crippen molar-refractivity contribution in [3.63, 3.8) is 0 Å². The van der Waals surface area contributed by atoms with E-state index in [1.165, 1.54) is 19.2 Å². The van der Waals surface area contributed by atoms with Gasteiger partial charge in [0.15, 0.2) is 11.5 Å². The van der Waals surface area contributed by atoms with Crippen LogP contribution in [0.4, 0.5) is 14.5 Å². The van der Waals surface area contributed by atoms with Crippen LogP contribution in [-0.2, 0) is 0 Å². The summed E-state index contributed by atoms with van der Waals surface area (Å²) >= 11 is 5.35. The summed E-state index contributed by atoms with van der Waals surface area (Å²) < 4.78 is 35.7. The summed E-state index contributed by atoms with van der Waals surface area (Å²) in [5.41, 5.74) is 0.786. The number of rotatable bonds is 5. The number of hydrogen-bond donors (Lipinski definition) is 1. The van der Waals surface area contributed by atoms with Crippen LogP contribution in [0.2, 0.25) is 0 Å². The van der Waals surface area contributed by atoms with E-state index < -0.39 is 6.61 Å². The molecule has 0 unspecified atom stereocenters. The number of methoxy groups -OCH3 is 1. The van der Waals surface area contributed by atoms with E-state index in [1.54, 1.807) is 18.2 Å². The van der Waals surface area contributed by atoms with Crippen molar-refractivity contribution in [3.05, 3.63) is 50.0 Å². The topological polar surface area (TPSA) is 47.6 Å². The standard InChI is InChI=1S/C15H11BrF2INO3/c1-22-12-5-3-9(7-13(12)23-15(17)18)20-14(21)10-6-8(16)2-4-11(10)19/h2-7,15H,1H3,(H,20,21). The quantitative estimate of drug-likeness (QED) is 0.597. The third kappa shape index (κ3) is 4.77. The smallest absolute Gasteiger partial charge is 0.387 e. The molecule has 4 nitrogen and oxygen atoms in total. The second-order valence-corrected chi connectivity index (χ2v) is 6.40. The zero-order valence-electron chi connectivity index (χ0n) is 11.8. The van der Waals surface area contributed by atoms with Gasteiger partial charge < -0.3 is 14.8 Å². The molecule has 2 aromatic rings. The summed E-state index contributed by atoms with van der Waals surface area (Å²) in [5.74, 6) is -0.353. The highest BCUT2D eigenvalue weighted by molar-refractivity contribution is 14.1. The number of nitrogens with one attached hydrogen (secondary N) is 1. The van der Waals surface area contributed by atoms with Crippen molar-refractivity contribution in [3.8, 4) is 11.5 Å². The normalized spacial score (nSPS) is 10.5. The van der Waals surface area contributed by atoms with Gasteiger partial charge in [-0.1, -0.05) is 15.9 Å². The molecule has 8 heteroatoms. The lowest BCUT2D eigenvalue weighted by molar-refractivity contribution is -0.0511. The molecule has 0 heterocycles. The van der Waals surface area contributed by atoms with Crippen LogP contribution in [-0.4, -0.2) is 19.6 Å². The van der Waals surface area contributed by atoms with Gasteiger partial charge in [0.1, 0.15) is 0 Å². The monoisotopic (exact) mass is 497 g/mol. The SMILES string of the molecule is COc1ccc(NC(=O)c2cc(Br)ccc2I)cc1OC(F)F. The van der Waals surface area contributed by atoms with Crippen LogP contribution >= 0.6 is 38.5 Å². The van der Waals surface area contributed by atoms with Crippen LogP contribution in [0.5, 0.6) is 11.5 Å². The van der Waals surface area contributed by atoms with E-state index in [2.05, 4.69) is 26.0 Å². The fraction of sp³-hybridized carbons (Fsp3) is 0.133. The van der Waals surface area contributed by atoms with E-state index >= 15 is 0 Å². The van der Waals surface area contributed by atoms with Gasteiger partial charge >= 0.3 is 6.61 Å². The molecule has 0 atom stereocenters. The molecule has 0 aliphatic rings. The number of amides is 1. The molecule has 1 amide bonds. The van der Waals surface area contributed by atoms with Crippen LogP contribution in [0.15, 0.2) is 40.9 Å². The number of benzene rings is 2. The highest BCUT2D eigenvalue weighted by Crippen LogP contribution is 2.32. The van der Waals surface area contributed by atoms with Crippen molar-refractivity contribution in [2.24, 2.45) is 0 Å².